The molecule has 0 atom stereocenters. The third-order valence-electron chi connectivity index (χ3n) is 3.14. The second kappa shape index (κ2) is 4.86. The molecule has 1 aromatic heterocycles. The molecule has 6 heteroatoms. The minimum Gasteiger partial charge on any atom is -0.350 e. The number of likely N-dealkylation sites (tertiary alicyclic amines) is 1. The number of fused-ring (bicyclic) bond motifs is 1. The topological polar surface area (TPSA) is 69.0 Å². The molecule has 96 valence electrons. The minimum absolute atomic E-state index is 0.128. The number of hydrogen-bond donors (Lipinski definition) is 1. The highest BCUT2D eigenvalue weighted by Gasteiger charge is 2.26. The Hall–Kier alpha value is -2.13. The van der Waals surface area contributed by atoms with Crippen LogP contribution < -0.4 is 5.32 Å². The summed E-state index contributed by atoms with van der Waals surface area (Å²) in [5.74, 6) is 0.245. The van der Waals surface area contributed by atoms with Gasteiger partial charge in [0.1, 0.15) is 0 Å². The third kappa shape index (κ3) is 2.37. The molecule has 3 rings (SSSR count). The van der Waals surface area contributed by atoms with Gasteiger partial charge in [0.05, 0.1) is 10.2 Å². The Labute approximate surface area is 114 Å². The predicted octanol–water partition coefficient (Wildman–Crippen LogP) is 1.44. The Morgan fingerprint density at radius 3 is 3.05 bits per heavy atom. The number of carbonyl (C=O) groups excluding carboxylic acids is 1. The Kier molecular flexibility index (Phi) is 3.05. The molecule has 1 fully saturated rings. The summed E-state index contributed by atoms with van der Waals surface area (Å²) in [6.45, 7) is 2.07. The maximum atomic E-state index is 12.0. The quantitative estimate of drug-likeness (QED) is 0.858. The Morgan fingerprint density at radius 1 is 1.53 bits per heavy atom. The fraction of sp³-hybridized carbons (Fsp3) is 0.308. The lowest BCUT2D eigenvalue weighted by Crippen LogP contribution is -2.48. The third-order valence-corrected chi connectivity index (χ3v) is 4.17. The Bertz CT molecular complexity index is 621. The first-order valence-corrected chi connectivity index (χ1v) is 6.86. The van der Waals surface area contributed by atoms with Crippen molar-refractivity contribution in [1.29, 1.82) is 5.26 Å². The van der Waals surface area contributed by atoms with Crippen LogP contribution in [-0.4, -0.2) is 35.4 Å². The van der Waals surface area contributed by atoms with E-state index < -0.39 is 0 Å². The molecule has 19 heavy (non-hydrogen) atoms. The SMILES string of the molecule is N#CN1CC(CNC(=O)c2nc3ccccc3s2)C1. The number of nitrogens with one attached hydrogen (secondary N) is 1. The molecule has 5 nitrogen and oxygen atoms in total. The first-order chi connectivity index (χ1) is 9.26. The molecule has 2 aromatic rings. The molecule has 0 radical (unpaired) electrons. The van der Waals surface area contributed by atoms with Crippen LogP contribution in [0.3, 0.4) is 0 Å². The number of benzene rings is 1. The smallest absolute Gasteiger partial charge is 0.280 e. The van der Waals surface area contributed by atoms with E-state index in [-0.39, 0.29) is 5.91 Å². The van der Waals surface area contributed by atoms with Gasteiger partial charge in [0.15, 0.2) is 11.2 Å². The lowest BCUT2D eigenvalue weighted by atomic mass is 10.0. The van der Waals surface area contributed by atoms with Gasteiger partial charge in [0.25, 0.3) is 5.91 Å². The highest BCUT2D eigenvalue weighted by molar-refractivity contribution is 7.20. The maximum Gasteiger partial charge on any atom is 0.280 e. The summed E-state index contributed by atoms with van der Waals surface area (Å²) in [4.78, 5) is 18.0. The zero-order chi connectivity index (χ0) is 13.2. The van der Waals surface area contributed by atoms with E-state index in [1.54, 1.807) is 4.90 Å². The summed E-state index contributed by atoms with van der Waals surface area (Å²) in [6, 6.07) is 7.71. The van der Waals surface area contributed by atoms with E-state index >= 15 is 0 Å². The lowest BCUT2D eigenvalue weighted by Gasteiger charge is -2.34. The second-order valence-corrected chi connectivity index (χ2v) is 5.60. The molecule has 1 aliphatic heterocycles. The van der Waals surface area contributed by atoms with E-state index in [1.807, 2.05) is 24.3 Å². The van der Waals surface area contributed by atoms with Gasteiger partial charge in [-0.3, -0.25) is 4.79 Å². The van der Waals surface area contributed by atoms with Crippen LogP contribution >= 0.6 is 11.3 Å². The van der Waals surface area contributed by atoms with Gasteiger partial charge in [-0.25, -0.2) is 4.98 Å². The number of amides is 1. The van der Waals surface area contributed by atoms with Gasteiger partial charge in [-0.1, -0.05) is 12.1 Å². The summed E-state index contributed by atoms with van der Waals surface area (Å²) in [5.41, 5.74) is 0.858. The number of rotatable bonds is 3. The van der Waals surface area contributed by atoms with Crippen molar-refractivity contribution in [3.63, 3.8) is 0 Å². The van der Waals surface area contributed by atoms with Crippen LogP contribution in [0, 0.1) is 17.4 Å². The van der Waals surface area contributed by atoms with Crippen LogP contribution in [0.4, 0.5) is 0 Å². The van der Waals surface area contributed by atoms with Crippen molar-refractivity contribution in [3.05, 3.63) is 29.3 Å². The van der Waals surface area contributed by atoms with Gasteiger partial charge in [0.2, 0.25) is 0 Å². The highest BCUT2D eigenvalue weighted by Crippen LogP contribution is 2.21. The summed E-state index contributed by atoms with van der Waals surface area (Å²) < 4.78 is 1.02. The standard InChI is InChI=1S/C13H12N4OS/c14-8-17-6-9(7-17)5-15-12(18)13-16-10-3-1-2-4-11(10)19-13/h1-4,9H,5-7H2,(H,15,18). The van der Waals surface area contributed by atoms with Crippen LogP contribution in [0.2, 0.25) is 0 Å². The second-order valence-electron chi connectivity index (χ2n) is 4.57. The number of nitriles is 1. The van der Waals surface area contributed by atoms with E-state index in [0.29, 0.717) is 17.5 Å². The number of hydrogen-bond acceptors (Lipinski definition) is 5. The summed E-state index contributed by atoms with van der Waals surface area (Å²) >= 11 is 1.40. The Balaban J connectivity index is 1.60. The fourth-order valence-electron chi connectivity index (χ4n) is 2.06. The molecule has 2 heterocycles. The zero-order valence-corrected chi connectivity index (χ0v) is 11.0. The first-order valence-electron chi connectivity index (χ1n) is 6.04. The normalized spacial score (nSPS) is 15.0. The van der Waals surface area contributed by atoms with Crippen molar-refractivity contribution in [2.45, 2.75) is 0 Å². The molecule has 1 N–H and O–H groups in total. The minimum atomic E-state index is -0.128. The average molecular weight is 272 g/mol. The van der Waals surface area contributed by atoms with Crippen molar-refractivity contribution < 1.29 is 4.79 Å². The molecule has 1 aromatic carbocycles. The van der Waals surface area contributed by atoms with Crippen molar-refractivity contribution in [2.75, 3.05) is 19.6 Å². The number of nitrogens with zero attached hydrogens (tertiary/aromatic N) is 3. The molecule has 1 aliphatic rings. The molecule has 1 amide bonds. The molecule has 1 saturated heterocycles. The molecule has 0 unspecified atom stereocenters. The van der Waals surface area contributed by atoms with Crippen LogP contribution in [0.15, 0.2) is 24.3 Å². The van der Waals surface area contributed by atoms with Crippen LogP contribution in [-0.2, 0) is 0 Å². The van der Waals surface area contributed by atoms with Crippen LogP contribution in [0.5, 0.6) is 0 Å². The van der Waals surface area contributed by atoms with Gasteiger partial charge in [0, 0.05) is 25.6 Å². The average Bonchev–Trinajstić information content (AvgIpc) is 2.80. The van der Waals surface area contributed by atoms with Crippen molar-refractivity contribution in [2.24, 2.45) is 5.92 Å². The summed E-state index contributed by atoms with van der Waals surface area (Å²) in [5, 5.41) is 12.0. The monoisotopic (exact) mass is 272 g/mol. The van der Waals surface area contributed by atoms with Crippen LogP contribution in [0.25, 0.3) is 10.2 Å². The molecule has 0 bridgehead atoms. The van der Waals surface area contributed by atoms with E-state index in [0.717, 1.165) is 23.3 Å². The number of aromatic nitrogens is 1. The number of carbonyl (C=O) groups is 1. The summed E-state index contributed by atoms with van der Waals surface area (Å²) in [7, 11) is 0. The van der Waals surface area contributed by atoms with Crippen molar-refractivity contribution in [3.8, 4) is 6.19 Å². The molecular weight excluding hydrogens is 260 g/mol. The molecule has 0 aliphatic carbocycles. The van der Waals surface area contributed by atoms with E-state index in [4.69, 9.17) is 5.26 Å². The van der Waals surface area contributed by atoms with Crippen molar-refractivity contribution >= 4 is 27.5 Å². The van der Waals surface area contributed by atoms with Gasteiger partial charge >= 0.3 is 0 Å². The highest BCUT2D eigenvalue weighted by atomic mass is 32.1. The maximum absolute atomic E-state index is 12.0. The van der Waals surface area contributed by atoms with Gasteiger partial charge in [-0.2, -0.15) is 5.26 Å². The van der Waals surface area contributed by atoms with E-state index in [2.05, 4.69) is 16.5 Å². The number of para-hydroxylation sites is 1. The molecule has 0 spiro atoms. The van der Waals surface area contributed by atoms with Crippen molar-refractivity contribution in [1.82, 2.24) is 15.2 Å². The molecular formula is C13H12N4OS. The van der Waals surface area contributed by atoms with Gasteiger partial charge in [-0.05, 0) is 12.1 Å². The fourth-order valence-corrected chi connectivity index (χ4v) is 2.94. The van der Waals surface area contributed by atoms with E-state index in [1.165, 1.54) is 11.3 Å². The van der Waals surface area contributed by atoms with Gasteiger partial charge < -0.3 is 10.2 Å². The summed E-state index contributed by atoms with van der Waals surface area (Å²) in [6.07, 6.45) is 2.08. The predicted molar refractivity (Wildman–Crippen MR) is 72.6 cm³/mol. The van der Waals surface area contributed by atoms with Crippen LogP contribution in [0.1, 0.15) is 9.80 Å². The number of thiazole rings is 1. The zero-order valence-electron chi connectivity index (χ0n) is 10.2. The van der Waals surface area contributed by atoms with Gasteiger partial charge in [-0.15, -0.1) is 11.3 Å². The van der Waals surface area contributed by atoms with E-state index in [9.17, 15) is 4.79 Å². The lowest BCUT2D eigenvalue weighted by molar-refractivity contribution is 0.0920. The first kappa shape index (κ1) is 11.9. The molecule has 0 saturated carbocycles. The largest absolute Gasteiger partial charge is 0.350 e. The Morgan fingerprint density at radius 2 is 2.32 bits per heavy atom.